The van der Waals surface area contributed by atoms with Crippen LogP contribution >= 0.6 is 7.05 Å². The molecule has 0 bridgehead atoms. The van der Waals surface area contributed by atoms with Gasteiger partial charge in [-0.3, -0.25) is 4.74 Å². The number of benzene rings is 3. The summed E-state index contributed by atoms with van der Waals surface area (Å²) >= 11 is 0. The summed E-state index contributed by atoms with van der Waals surface area (Å²) in [5.74, 6) is 0. The summed E-state index contributed by atoms with van der Waals surface area (Å²) in [6, 6.07) is 30.1. The molecule has 1 aliphatic rings. The smallest absolute Gasteiger partial charge is 0.0622 e. The lowest BCUT2D eigenvalue weighted by atomic mass is 10.00. The fourth-order valence-corrected chi connectivity index (χ4v) is 9.02. The molecule has 4 heteroatoms. The van der Waals surface area contributed by atoms with E-state index in [1.165, 1.54) is 10.6 Å². The highest BCUT2D eigenvalue weighted by Gasteiger charge is 2.31. The van der Waals surface area contributed by atoms with Crippen molar-refractivity contribution in [3.63, 3.8) is 0 Å². The molecular weight excluding hydrogens is 553 g/mol. The van der Waals surface area contributed by atoms with Crippen molar-refractivity contribution in [1.82, 2.24) is 0 Å². The SMILES string of the molecule is C=C(N)/C=C(N)\C=C(/CC)C(=C)/C=C\C(=C/C)c1ccc(N=P(c2ccccc2)(c2ccccc2)C2C=CC=CC=C2)cc1. The summed E-state index contributed by atoms with van der Waals surface area (Å²) < 4.78 is 5.67. The van der Waals surface area contributed by atoms with Gasteiger partial charge in [-0.2, -0.15) is 0 Å². The monoisotopic (exact) mass is 595 g/mol. The zero-order valence-corrected chi connectivity index (χ0v) is 26.6. The molecule has 3 nitrogen and oxygen atoms in total. The van der Waals surface area contributed by atoms with Crippen LogP contribution in [0.5, 0.6) is 0 Å². The molecule has 0 fully saturated rings. The van der Waals surface area contributed by atoms with Gasteiger partial charge in [-0.15, -0.1) is 0 Å². The van der Waals surface area contributed by atoms with Crippen LogP contribution in [-0.4, -0.2) is 5.66 Å². The summed E-state index contributed by atoms with van der Waals surface area (Å²) in [5, 5.41) is 2.50. The van der Waals surface area contributed by atoms with E-state index in [1.807, 2.05) is 19.1 Å². The van der Waals surface area contributed by atoms with Crippen molar-refractivity contribution in [2.45, 2.75) is 25.9 Å². The van der Waals surface area contributed by atoms with Gasteiger partial charge >= 0.3 is 0 Å². The lowest BCUT2D eigenvalue weighted by molar-refractivity contribution is 1.12. The molecule has 1 aliphatic carbocycles. The fraction of sp³-hybridized carbons (Fsp3) is 0.100. The van der Waals surface area contributed by atoms with E-state index in [-0.39, 0.29) is 5.66 Å². The largest absolute Gasteiger partial charge is 0.399 e. The predicted octanol–water partition coefficient (Wildman–Crippen LogP) is 9.39. The minimum atomic E-state index is -2.30. The Kier molecular flexibility index (Phi) is 11.3. The van der Waals surface area contributed by atoms with E-state index in [2.05, 4.69) is 154 Å². The number of hydrogen-bond donors (Lipinski definition) is 2. The van der Waals surface area contributed by atoms with Gasteiger partial charge in [-0.1, -0.05) is 148 Å². The molecule has 0 spiro atoms. The minimum absolute atomic E-state index is 0.120. The van der Waals surface area contributed by atoms with Crippen LogP contribution in [0.1, 0.15) is 25.8 Å². The first kappa shape index (κ1) is 32.1. The number of rotatable bonds is 11. The Morgan fingerprint density at radius 2 is 1.34 bits per heavy atom. The molecular formula is C40H42N3P. The molecule has 0 saturated heterocycles. The van der Waals surface area contributed by atoms with Gasteiger partial charge in [0.05, 0.1) is 5.69 Å². The van der Waals surface area contributed by atoms with Gasteiger partial charge in [-0.05, 0) is 70.5 Å². The Hall–Kier alpha value is -4.85. The third-order valence-electron chi connectivity index (χ3n) is 7.42. The molecule has 0 heterocycles. The fourth-order valence-electron chi connectivity index (χ4n) is 5.22. The quantitative estimate of drug-likeness (QED) is 0.171. The van der Waals surface area contributed by atoms with Gasteiger partial charge in [-0.25, -0.2) is 0 Å². The highest BCUT2D eigenvalue weighted by molar-refractivity contribution is 7.82. The minimum Gasteiger partial charge on any atom is -0.399 e. The van der Waals surface area contributed by atoms with Gasteiger partial charge in [0.1, 0.15) is 0 Å². The van der Waals surface area contributed by atoms with Crippen LogP contribution in [0.25, 0.3) is 5.57 Å². The molecule has 0 amide bonds. The Bertz CT molecular complexity index is 1670. The van der Waals surface area contributed by atoms with Crippen LogP contribution in [0, 0.1) is 0 Å². The van der Waals surface area contributed by atoms with Crippen LogP contribution in [0.15, 0.2) is 192 Å². The van der Waals surface area contributed by atoms with E-state index in [4.69, 9.17) is 16.2 Å². The van der Waals surface area contributed by atoms with Crippen molar-refractivity contribution in [3.05, 3.63) is 193 Å². The normalized spacial score (nSPS) is 14.5. The molecule has 0 saturated carbocycles. The molecule has 0 unspecified atom stereocenters. The maximum atomic E-state index is 6.10. The maximum absolute atomic E-state index is 6.10. The summed E-state index contributed by atoms with van der Waals surface area (Å²) in [5.41, 5.74) is 18.0. The highest BCUT2D eigenvalue weighted by Crippen LogP contribution is 2.55. The molecule has 4 N–H and O–H groups in total. The third-order valence-corrected chi connectivity index (χ3v) is 11.3. The van der Waals surface area contributed by atoms with Crippen molar-refractivity contribution < 1.29 is 0 Å². The van der Waals surface area contributed by atoms with Gasteiger partial charge in [0.2, 0.25) is 0 Å². The summed E-state index contributed by atoms with van der Waals surface area (Å²) in [4.78, 5) is 0. The molecule has 0 aliphatic heterocycles. The van der Waals surface area contributed by atoms with Gasteiger partial charge in [0.25, 0.3) is 0 Å². The zero-order valence-electron chi connectivity index (χ0n) is 25.7. The second-order valence-electron chi connectivity index (χ2n) is 10.5. The van der Waals surface area contributed by atoms with Gasteiger partial charge < -0.3 is 11.5 Å². The molecule has 44 heavy (non-hydrogen) atoms. The van der Waals surface area contributed by atoms with Gasteiger partial charge in [0, 0.05) is 24.1 Å². The first-order chi connectivity index (χ1) is 21.4. The van der Waals surface area contributed by atoms with Crippen LogP contribution in [0.4, 0.5) is 5.69 Å². The second kappa shape index (κ2) is 15.6. The lowest BCUT2D eigenvalue weighted by Crippen LogP contribution is -2.24. The molecule has 0 aromatic heterocycles. The van der Waals surface area contributed by atoms with Crippen LogP contribution in [-0.2, 0) is 0 Å². The average molecular weight is 596 g/mol. The first-order valence-corrected chi connectivity index (χ1v) is 16.7. The maximum Gasteiger partial charge on any atom is 0.0622 e. The molecule has 222 valence electrons. The van der Waals surface area contributed by atoms with E-state index in [9.17, 15) is 0 Å². The number of nitrogens with zero attached hydrogens (tertiary/aromatic N) is 1. The standard InChI is InChI=1S/C40H42N3P/c1-5-33(24-23-31(3)34(6-2)30-36(42)29-32(4)41)35-25-27-37(28-26-35)43-44(39-19-13-9-14-20-39,40-21-15-10-16-22-40)38-17-11-7-8-12-18-38/h5,7-30,38H,3-4,6,41-42H2,1-2H3/b24-23-,33-5+,34-30+,36-29+. The summed E-state index contributed by atoms with van der Waals surface area (Å²) in [6.07, 6.45) is 23.6. The van der Waals surface area contributed by atoms with Crippen molar-refractivity contribution in [2.75, 3.05) is 0 Å². The molecule has 3 aromatic carbocycles. The van der Waals surface area contributed by atoms with E-state index in [1.54, 1.807) is 6.08 Å². The van der Waals surface area contributed by atoms with Crippen LogP contribution in [0.3, 0.4) is 0 Å². The van der Waals surface area contributed by atoms with Crippen molar-refractivity contribution in [3.8, 4) is 0 Å². The van der Waals surface area contributed by atoms with Crippen molar-refractivity contribution in [2.24, 2.45) is 16.2 Å². The average Bonchev–Trinajstić information content (AvgIpc) is 3.34. The molecule has 0 atom stereocenters. The van der Waals surface area contributed by atoms with Crippen molar-refractivity contribution in [1.29, 1.82) is 0 Å². The first-order valence-electron chi connectivity index (χ1n) is 14.9. The summed E-state index contributed by atoms with van der Waals surface area (Å²) in [6.45, 7) is 12.1. The predicted molar refractivity (Wildman–Crippen MR) is 195 cm³/mol. The number of nitrogens with two attached hydrogens (primary N) is 2. The zero-order chi connectivity index (χ0) is 31.4. The van der Waals surface area contributed by atoms with E-state index in [0.29, 0.717) is 11.4 Å². The number of hydrogen-bond acceptors (Lipinski definition) is 3. The van der Waals surface area contributed by atoms with Crippen LogP contribution < -0.4 is 22.1 Å². The lowest BCUT2D eigenvalue weighted by Gasteiger charge is -2.31. The molecule has 4 rings (SSSR count). The van der Waals surface area contributed by atoms with Gasteiger partial charge in [0.15, 0.2) is 0 Å². The Balaban J connectivity index is 1.74. The highest BCUT2D eigenvalue weighted by atomic mass is 31.2. The van der Waals surface area contributed by atoms with Crippen molar-refractivity contribution >= 4 is 28.9 Å². The molecule has 3 aromatic rings. The number of allylic oxidation sites excluding steroid dienone is 14. The van der Waals surface area contributed by atoms with E-state index < -0.39 is 7.05 Å². The van der Waals surface area contributed by atoms with Crippen LogP contribution in [0.2, 0.25) is 0 Å². The molecule has 0 radical (unpaired) electrons. The summed E-state index contributed by atoms with van der Waals surface area (Å²) in [7, 11) is -2.30. The topological polar surface area (TPSA) is 64.4 Å². The third kappa shape index (κ3) is 7.95. The van der Waals surface area contributed by atoms with E-state index >= 15 is 0 Å². The Morgan fingerprint density at radius 1 is 0.773 bits per heavy atom. The Morgan fingerprint density at radius 3 is 1.84 bits per heavy atom. The van der Waals surface area contributed by atoms with E-state index in [0.717, 1.165) is 34.4 Å². The Labute approximate surface area is 263 Å². The second-order valence-corrected chi connectivity index (χ2v) is 13.7.